The summed E-state index contributed by atoms with van der Waals surface area (Å²) in [7, 11) is 0. The summed E-state index contributed by atoms with van der Waals surface area (Å²) >= 11 is 1.85. The Morgan fingerprint density at radius 1 is 1.25 bits per heavy atom. The first-order chi connectivity index (χ1) is 9.79. The van der Waals surface area contributed by atoms with Crippen LogP contribution in [0.3, 0.4) is 0 Å². The number of carbonyl (C=O) groups is 1. The Labute approximate surface area is 126 Å². The van der Waals surface area contributed by atoms with Gasteiger partial charge in [0, 0.05) is 49.6 Å². The highest BCUT2D eigenvalue weighted by Crippen LogP contribution is 2.19. The molecule has 4 heteroatoms. The second-order valence-electron chi connectivity index (χ2n) is 5.14. The van der Waals surface area contributed by atoms with Crippen molar-refractivity contribution in [2.45, 2.75) is 24.7 Å². The van der Waals surface area contributed by atoms with Crippen LogP contribution in [0.4, 0.5) is 0 Å². The maximum Gasteiger partial charge on any atom is 0.164 e. The highest BCUT2D eigenvalue weighted by Gasteiger charge is 2.12. The van der Waals surface area contributed by atoms with E-state index in [4.69, 9.17) is 0 Å². The van der Waals surface area contributed by atoms with Gasteiger partial charge in [0.15, 0.2) is 5.78 Å². The lowest BCUT2D eigenvalue weighted by atomic mass is 10.1. The molecule has 1 heterocycles. The molecule has 20 heavy (non-hydrogen) atoms. The fourth-order valence-corrected chi connectivity index (χ4v) is 3.06. The lowest BCUT2D eigenvalue weighted by molar-refractivity contribution is 0.0960. The molecule has 1 aliphatic heterocycles. The zero-order valence-corrected chi connectivity index (χ0v) is 13.0. The smallest absolute Gasteiger partial charge is 0.164 e. The molecule has 1 N–H and O–H groups in total. The molecule has 0 aromatic heterocycles. The van der Waals surface area contributed by atoms with Gasteiger partial charge in [-0.3, -0.25) is 4.79 Å². The highest BCUT2D eigenvalue weighted by molar-refractivity contribution is 7.99. The number of Topliss-reactive ketones (excluding diaryl/α,β-unsaturated/α-hetero) is 1. The molecule has 1 aliphatic rings. The molecular weight excluding hydrogens is 268 g/mol. The topological polar surface area (TPSA) is 32.3 Å². The Kier molecular flexibility index (Phi) is 6.57. The van der Waals surface area contributed by atoms with E-state index in [2.05, 4.69) is 29.3 Å². The lowest BCUT2D eigenvalue weighted by Gasteiger charge is -2.26. The van der Waals surface area contributed by atoms with Crippen molar-refractivity contribution in [2.24, 2.45) is 0 Å². The van der Waals surface area contributed by atoms with Gasteiger partial charge in [-0.25, -0.2) is 0 Å². The maximum absolute atomic E-state index is 12.2. The van der Waals surface area contributed by atoms with Crippen LogP contribution in [-0.2, 0) is 0 Å². The predicted molar refractivity (Wildman–Crippen MR) is 85.7 cm³/mol. The Morgan fingerprint density at radius 3 is 2.60 bits per heavy atom. The summed E-state index contributed by atoms with van der Waals surface area (Å²) < 4.78 is 0. The van der Waals surface area contributed by atoms with Gasteiger partial charge in [0.05, 0.1) is 0 Å². The average Bonchev–Trinajstić information content (AvgIpc) is 2.52. The van der Waals surface area contributed by atoms with Gasteiger partial charge >= 0.3 is 0 Å². The third-order valence-electron chi connectivity index (χ3n) is 3.51. The Hall–Kier alpha value is -0.840. The first kappa shape index (κ1) is 15.5. The minimum Gasteiger partial charge on any atom is -0.314 e. The molecule has 0 unspecified atom stereocenters. The van der Waals surface area contributed by atoms with E-state index in [0.29, 0.717) is 6.42 Å². The third kappa shape index (κ3) is 4.93. The Bertz CT molecular complexity index is 413. The van der Waals surface area contributed by atoms with E-state index in [1.54, 1.807) is 0 Å². The monoisotopic (exact) mass is 292 g/mol. The van der Waals surface area contributed by atoms with Crippen LogP contribution in [0.5, 0.6) is 0 Å². The van der Waals surface area contributed by atoms with Gasteiger partial charge in [0.25, 0.3) is 0 Å². The van der Waals surface area contributed by atoms with E-state index in [0.717, 1.165) is 44.0 Å². The van der Waals surface area contributed by atoms with E-state index in [-0.39, 0.29) is 5.78 Å². The molecule has 0 radical (unpaired) electrons. The molecule has 0 atom stereocenters. The molecule has 1 aromatic rings. The van der Waals surface area contributed by atoms with Crippen molar-refractivity contribution in [3.05, 3.63) is 29.8 Å². The summed E-state index contributed by atoms with van der Waals surface area (Å²) in [6.07, 6.45) is 1.80. The molecule has 0 amide bonds. The van der Waals surface area contributed by atoms with Crippen LogP contribution in [0.2, 0.25) is 0 Å². The standard InChI is InChI=1S/C16H24N2OS/c1-2-13-20-15-5-3-14(4-6-15)16(19)7-10-18-11-8-17-9-12-18/h3-6,17H,2,7-13H2,1H3. The van der Waals surface area contributed by atoms with Gasteiger partial charge in [-0.2, -0.15) is 0 Å². The van der Waals surface area contributed by atoms with Crippen molar-refractivity contribution in [1.29, 1.82) is 0 Å². The predicted octanol–water partition coefficient (Wildman–Crippen LogP) is 2.67. The summed E-state index contributed by atoms with van der Waals surface area (Å²) in [6, 6.07) is 8.08. The molecule has 0 bridgehead atoms. The molecule has 2 rings (SSSR count). The molecule has 3 nitrogen and oxygen atoms in total. The quantitative estimate of drug-likeness (QED) is 0.618. The van der Waals surface area contributed by atoms with Crippen LogP contribution < -0.4 is 5.32 Å². The van der Waals surface area contributed by atoms with E-state index in [9.17, 15) is 4.79 Å². The second-order valence-corrected chi connectivity index (χ2v) is 6.31. The molecule has 0 saturated carbocycles. The van der Waals surface area contributed by atoms with E-state index in [1.807, 2.05) is 23.9 Å². The van der Waals surface area contributed by atoms with Crippen LogP contribution in [0.25, 0.3) is 0 Å². The van der Waals surface area contributed by atoms with Gasteiger partial charge in [-0.15, -0.1) is 11.8 Å². The maximum atomic E-state index is 12.2. The number of nitrogens with one attached hydrogen (secondary N) is 1. The molecule has 110 valence electrons. The fraction of sp³-hybridized carbons (Fsp3) is 0.562. The number of benzene rings is 1. The number of piperazine rings is 1. The van der Waals surface area contributed by atoms with Crippen LogP contribution in [0.1, 0.15) is 30.1 Å². The summed E-state index contributed by atoms with van der Waals surface area (Å²) in [5, 5.41) is 3.33. The normalized spacial score (nSPS) is 16.2. The number of hydrogen-bond acceptors (Lipinski definition) is 4. The van der Waals surface area contributed by atoms with Gasteiger partial charge in [-0.05, 0) is 24.3 Å². The summed E-state index contributed by atoms with van der Waals surface area (Å²) in [5.74, 6) is 1.39. The number of nitrogens with zero attached hydrogens (tertiary/aromatic N) is 1. The molecule has 0 aliphatic carbocycles. The van der Waals surface area contributed by atoms with Gasteiger partial charge in [0.1, 0.15) is 0 Å². The number of rotatable bonds is 7. The molecular formula is C16H24N2OS. The van der Waals surface area contributed by atoms with Gasteiger partial charge < -0.3 is 10.2 Å². The van der Waals surface area contributed by atoms with Crippen molar-refractivity contribution in [3.63, 3.8) is 0 Å². The first-order valence-electron chi connectivity index (χ1n) is 7.48. The van der Waals surface area contributed by atoms with Crippen molar-refractivity contribution in [2.75, 3.05) is 38.5 Å². The number of carbonyl (C=O) groups excluding carboxylic acids is 1. The first-order valence-corrected chi connectivity index (χ1v) is 8.47. The minimum absolute atomic E-state index is 0.260. The van der Waals surface area contributed by atoms with E-state index < -0.39 is 0 Å². The molecule has 1 fully saturated rings. The lowest BCUT2D eigenvalue weighted by Crippen LogP contribution is -2.44. The largest absolute Gasteiger partial charge is 0.314 e. The SMILES string of the molecule is CCCSc1ccc(C(=O)CCN2CCNCC2)cc1. The Balaban J connectivity index is 1.79. The summed E-state index contributed by atoms with van der Waals surface area (Å²) in [5.41, 5.74) is 0.848. The highest BCUT2D eigenvalue weighted by atomic mass is 32.2. The van der Waals surface area contributed by atoms with E-state index >= 15 is 0 Å². The van der Waals surface area contributed by atoms with Gasteiger partial charge in [0.2, 0.25) is 0 Å². The number of hydrogen-bond donors (Lipinski definition) is 1. The number of ketones is 1. The van der Waals surface area contributed by atoms with E-state index in [1.165, 1.54) is 11.3 Å². The van der Waals surface area contributed by atoms with Crippen LogP contribution in [0, 0.1) is 0 Å². The third-order valence-corrected chi connectivity index (χ3v) is 4.73. The van der Waals surface area contributed by atoms with Crippen molar-refractivity contribution in [3.8, 4) is 0 Å². The zero-order chi connectivity index (χ0) is 14.2. The zero-order valence-electron chi connectivity index (χ0n) is 12.2. The molecule has 1 aromatic carbocycles. The van der Waals surface area contributed by atoms with Crippen molar-refractivity contribution >= 4 is 17.5 Å². The van der Waals surface area contributed by atoms with Gasteiger partial charge in [-0.1, -0.05) is 19.1 Å². The van der Waals surface area contributed by atoms with Crippen LogP contribution in [0.15, 0.2) is 29.2 Å². The Morgan fingerprint density at radius 2 is 1.95 bits per heavy atom. The number of thioether (sulfide) groups is 1. The van der Waals surface area contributed by atoms with Crippen LogP contribution >= 0.6 is 11.8 Å². The van der Waals surface area contributed by atoms with Crippen LogP contribution in [-0.4, -0.2) is 49.2 Å². The second kappa shape index (κ2) is 8.45. The molecule has 0 spiro atoms. The summed E-state index contributed by atoms with van der Waals surface area (Å²) in [6.45, 7) is 7.25. The molecule has 1 saturated heterocycles. The van der Waals surface area contributed by atoms with Crippen molar-refractivity contribution < 1.29 is 4.79 Å². The minimum atomic E-state index is 0.260. The average molecular weight is 292 g/mol. The van der Waals surface area contributed by atoms with Crippen molar-refractivity contribution in [1.82, 2.24) is 10.2 Å². The summed E-state index contributed by atoms with van der Waals surface area (Å²) in [4.78, 5) is 15.8. The fourth-order valence-electron chi connectivity index (χ4n) is 2.30.